The van der Waals surface area contributed by atoms with Gasteiger partial charge in [-0.05, 0) is 232 Å². The van der Waals surface area contributed by atoms with E-state index in [2.05, 4.69) is 141 Å². The van der Waals surface area contributed by atoms with E-state index in [4.69, 9.17) is 9.47 Å². The summed E-state index contributed by atoms with van der Waals surface area (Å²) >= 11 is 5.04. The Balaban J connectivity index is 0.000000136. The molecular formula is C98H132N20O12S4. The fraction of sp³-hybridized carbons (Fsp3) is 0.592. The summed E-state index contributed by atoms with van der Waals surface area (Å²) in [6, 6.07) is 9.34. The van der Waals surface area contributed by atoms with Crippen LogP contribution in [0.25, 0.3) is 41.8 Å². The van der Waals surface area contributed by atoms with Crippen LogP contribution >= 0.6 is 45.3 Å². The summed E-state index contributed by atoms with van der Waals surface area (Å²) in [5, 5.41) is 40.2. The van der Waals surface area contributed by atoms with Crippen molar-refractivity contribution in [1.82, 2.24) is 79.9 Å². The molecule has 8 amide bonds. The van der Waals surface area contributed by atoms with Crippen molar-refractivity contribution in [3.8, 4) is 41.8 Å². The molecule has 10 aliphatic rings. The first-order valence-electron chi connectivity index (χ1n) is 48.1. The fourth-order valence-corrected chi connectivity index (χ4v) is 22.6. The minimum atomic E-state index is -0.517. The van der Waals surface area contributed by atoms with Crippen LogP contribution in [-0.4, -0.2) is 278 Å². The number of carbonyl (C=O) groups excluding carboxylic acids is 8. The second-order valence-electron chi connectivity index (χ2n) is 38.9. The van der Waals surface area contributed by atoms with Crippen LogP contribution in [0, 0.1) is 38.5 Å². The SMILES string of the molecule is CC[C@@H](C)Nc1cc(C)c(-c2sc(C(=O)N3CC4(COC4)C3)nc2C(=O)N2CCC[C@@H]2C)cn1.CC[C@@H](C)Nc1cc(C)c(-c2sc(C(=O)N3CC4(COC4)C3)nc2C(=O)N2CCC[C@@H]2C)cn1.CC[C@@H](C)Nc1cc(C)c(-c2sc(C(=O)N[C@@H]3CC[C@@H]3O)nc2C(=O)N2CCC[C@@H]2C)cn1.CC[C@@H](C)Nc1cc(C)c(-c2sc(C(=O)N[C@H]3CC[C@H]3O)nc2C(=O)N2CCC[C@@H]2C)cn1. The molecule has 8 saturated heterocycles. The van der Waals surface area contributed by atoms with Gasteiger partial charge >= 0.3 is 0 Å². The maximum atomic E-state index is 13.6. The number of aryl methyl sites for hydroxylation is 4. The second-order valence-corrected chi connectivity index (χ2v) is 42.9. The molecule has 0 aromatic carbocycles. The molecule has 8 aromatic rings. The molecule has 0 radical (unpaired) electrons. The smallest absolute Gasteiger partial charge is 0.282 e. The number of ether oxygens (including phenoxy) is 2. The molecule has 134 heavy (non-hydrogen) atoms. The fourth-order valence-electron chi connectivity index (χ4n) is 18.4. The Morgan fingerprint density at radius 3 is 0.821 bits per heavy atom. The van der Waals surface area contributed by atoms with E-state index in [1.54, 1.807) is 24.8 Å². The summed E-state index contributed by atoms with van der Waals surface area (Å²) in [6.07, 6.45) is 20.8. The molecule has 8 aromatic heterocycles. The highest BCUT2D eigenvalue weighted by molar-refractivity contribution is 7.18. The molecule has 8 aliphatic heterocycles. The number of nitrogens with zero attached hydrogens (tertiary/aromatic N) is 14. The maximum Gasteiger partial charge on any atom is 0.282 e. The van der Waals surface area contributed by atoms with E-state index in [1.165, 1.54) is 45.3 Å². The highest BCUT2D eigenvalue weighted by Crippen LogP contribution is 2.45. The molecule has 2 aliphatic carbocycles. The Morgan fingerprint density at radius 1 is 0.381 bits per heavy atom. The van der Waals surface area contributed by atoms with Gasteiger partial charge in [-0.25, -0.2) is 39.9 Å². The third-order valence-electron chi connectivity index (χ3n) is 28.2. The zero-order valence-electron chi connectivity index (χ0n) is 80.2. The van der Waals surface area contributed by atoms with Crippen LogP contribution in [0.15, 0.2) is 49.1 Å². The molecule has 18 rings (SSSR count). The quantitative estimate of drug-likeness (QED) is 0.0250. The van der Waals surface area contributed by atoms with E-state index >= 15 is 0 Å². The van der Waals surface area contributed by atoms with Crippen LogP contribution in [0.3, 0.4) is 0 Å². The van der Waals surface area contributed by atoms with Gasteiger partial charge in [0.2, 0.25) is 0 Å². The first-order chi connectivity index (χ1) is 64.2. The predicted octanol–water partition coefficient (Wildman–Crippen LogP) is 14.8. The summed E-state index contributed by atoms with van der Waals surface area (Å²) in [4.78, 5) is 157. The Bertz CT molecular complexity index is 5300. The third-order valence-corrected chi connectivity index (χ3v) is 32.5. The van der Waals surface area contributed by atoms with Crippen molar-refractivity contribution in [2.45, 2.75) is 286 Å². The van der Waals surface area contributed by atoms with Crippen LogP contribution in [0.5, 0.6) is 0 Å². The molecule has 2 spiro atoms. The van der Waals surface area contributed by atoms with Crippen LogP contribution in [-0.2, 0) is 9.47 Å². The molecule has 2 saturated carbocycles. The minimum absolute atomic E-state index is 0.0935. The summed E-state index contributed by atoms with van der Waals surface area (Å²) in [5.41, 5.74) is 8.88. The molecule has 0 bridgehead atoms. The van der Waals surface area contributed by atoms with E-state index < -0.39 is 12.2 Å². The lowest BCUT2D eigenvalue weighted by Gasteiger charge is -2.54. The van der Waals surface area contributed by atoms with Gasteiger partial charge in [0, 0.05) is 148 Å². The van der Waals surface area contributed by atoms with E-state index in [1.807, 2.05) is 95.2 Å². The van der Waals surface area contributed by atoms with Crippen molar-refractivity contribution in [2.75, 3.05) is 100 Å². The Hall–Kier alpha value is -10.1. The van der Waals surface area contributed by atoms with E-state index in [0.717, 1.165) is 207 Å². The number of thiazole rings is 4. The Morgan fingerprint density at radius 2 is 0.627 bits per heavy atom. The van der Waals surface area contributed by atoms with Gasteiger partial charge in [0.15, 0.2) is 20.0 Å². The molecule has 36 heteroatoms. The highest BCUT2D eigenvalue weighted by atomic mass is 32.1. The number of nitrogens with one attached hydrogen (secondary N) is 6. The lowest BCUT2D eigenvalue weighted by atomic mass is 9.78. The molecular weight excluding hydrogens is 1780 g/mol. The van der Waals surface area contributed by atoms with Crippen molar-refractivity contribution in [1.29, 1.82) is 0 Å². The van der Waals surface area contributed by atoms with Crippen molar-refractivity contribution >= 4 is 116 Å². The van der Waals surface area contributed by atoms with Gasteiger partial charge in [-0.3, -0.25) is 38.4 Å². The molecule has 16 heterocycles. The predicted molar refractivity (Wildman–Crippen MR) is 524 cm³/mol. The zero-order valence-corrected chi connectivity index (χ0v) is 83.5. The van der Waals surface area contributed by atoms with Crippen LogP contribution < -0.4 is 31.9 Å². The standard InChI is InChI=1S/2C25H33N5O3S.2C24H33N5O3S/c2*1-5-16(3)27-19-9-15(2)18(10-26-19)21-20(23(31)30-8-6-7-17(30)4)28-22(34-21)24(32)29-11-25(12-29)13-33-14-25;2*1-5-14(3)26-19-11-13(2)16(12-25-19)21-20(24(32)29-10-6-7-15(29)4)28-23(33-21)22(31)27-17-8-9-18(17)30/h2*9-10,16-17H,5-8,11-14H2,1-4H3,(H,26,27);2*11-12,14-15,17-18,30H,5-10H2,1-4H3,(H,25,26)(H,27,31)/t2*16-,17+;14-,15+,17+,18-;14-,15+,17-,18+/m1111/s1. The van der Waals surface area contributed by atoms with Gasteiger partial charge in [0.1, 0.15) is 46.0 Å². The van der Waals surface area contributed by atoms with Gasteiger partial charge in [0.25, 0.3) is 47.3 Å². The van der Waals surface area contributed by atoms with Crippen LogP contribution in [0.2, 0.25) is 0 Å². The number of aliphatic hydroxyl groups is 2. The highest BCUT2D eigenvalue weighted by Gasteiger charge is 2.53. The number of aromatic nitrogens is 8. The number of hydrogen-bond acceptors (Lipinski definition) is 28. The largest absolute Gasteiger partial charge is 0.391 e. The summed E-state index contributed by atoms with van der Waals surface area (Å²) < 4.78 is 10.7. The van der Waals surface area contributed by atoms with Crippen molar-refractivity contribution in [3.05, 3.63) is 114 Å². The van der Waals surface area contributed by atoms with E-state index in [0.29, 0.717) is 119 Å². The number of aliphatic hydroxyl groups excluding tert-OH is 2. The molecule has 12 atom stereocenters. The Kier molecular flexibility index (Phi) is 31.0. The average molecular weight is 1910 g/mol. The van der Waals surface area contributed by atoms with Crippen LogP contribution in [0.1, 0.15) is 289 Å². The van der Waals surface area contributed by atoms with Crippen molar-refractivity contribution < 1.29 is 58.0 Å². The zero-order chi connectivity index (χ0) is 95.5. The van der Waals surface area contributed by atoms with Crippen LogP contribution in [0.4, 0.5) is 23.3 Å². The first kappa shape index (κ1) is 98.4. The van der Waals surface area contributed by atoms with Gasteiger partial charge in [-0.2, -0.15) is 0 Å². The summed E-state index contributed by atoms with van der Waals surface area (Å²) in [5.74, 6) is 1.82. The Labute approximate surface area is 801 Å². The lowest BCUT2D eigenvalue weighted by molar-refractivity contribution is -0.176. The molecule has 32 nitrogen and oxygen atoms in total. The molecule has 10 fully saturated rings. The van der Waals surface area contributed by atoms with Gasteiger partial charge < -0.3 is 81.0 Å². The molecule has 720 valence electrons. The van der Waals surface area contributed by atoms with Crippen molar-refractivity contribution in [2.24, 2.45) is 10.8 Å². The second kappa shape index (κ2) is 42.3. The lowest BCUT2D eigenvalue weighted by Crippen LogP contribution is -2.67. The monoisotopic (exact) mass is 1910 g/mol. The average Bonchev–Trinajstić information content (AvgIpc) is 1.57. The van der Waals surface area contributed by atoms with E-state index in [-0.39, 0.29) is 104 Å². The number of rotatable bonds is 26. The number of anilines is 4. The van der Waals surface area contributed by atoms with Gasteiger partial charge in [-0.1, -0.05) is 27.7 Å². The third kappa shape index (κ3) is 21.5. The maximum absolute atomic E-state index is 13.6. The minimum Gasteiger partial charge on any atom is -0.391 e. The summed E-state index contributed by atoms with van der Waals surface area (Å²) in [6.45, 7) is 41.7. The number of amides is 8. The summed E-state index contributed by atoms with van der Waals surface area (Å²) in [7, 11) is 0. The van der Waals surface area contributed by atoms with Crippen molar-refractivity contribution in [3.63, 3.8) is 0 Å². The number of pyridine rings is 4. The normalized spacial score (nSPS) is 22.5. The number of hydrogen-bond donors (Lipinski definition) is 8. The van der Waals surface area contributed by atoms with Gasteiger partial charge in [-0.15, -0.1) is 45.3 Å². The topological polar surface area (TPSA) is 390 Å². The first-order valence-corrected chi connectivity index (χ1v) is 51.4. The molecule has 8 N–H and O–H groups in total. The van der Waals surface area contributed by atoms with Gasteiger partial charge in [0.05, 0.1) is 81.1 Å². The molecule has 0 unspecified atom stereocenters. The number of likely N-dealkylation sites (tertiary alicyclic amines) is 6. The number of carbonyl (C=O) groups is 8. The van der Waals surface area contributed by atoms with E-state index in [9.17, 15) is 48.6 Å².